The first-order valence-electron chi connectivity index (χ1n) is 9.20. The maximum Gasteiger partial charge on any atom is 0.255 e. The molecule has 0 aromatic heterocycles. The first-order chi connectivity index (χ1) is 11.6. The van der Waals surface area contributed by atoms with Gasteiger partial charge in [-0.3, -0.25) is 14.5 Å². The lowest BCUT2D eigenvalue weighted by atomic mass is 9.90. The van der Waals surface area contributed by atoms with Crippen LogP contribution in [0.3, 0.4) is 0 Å². The summed E-state index contributed by atoms with van der Waals surface area (Å²) in [6.07, 6.45) is 3.83. The van der Waals surface area contributed by atoms with Crippen LogP contribution in [0.2, 0.25) is 0 Å². The first-order valence-corrected chi connectivity index (χ1v) is 9.20. The van der Waals surface area contributed by atoms with Crippen molar-refractivity contribution in [1.82, 2.24) is 20.0 Å². The largest absolute Gasteiger partial charge is 0.368 e. The minimum Gasteiger partial charge on any atom is -0.368 e. The van der Waals surface area contributed by atoms with Gasteiger partial charge in [-0.1, -0.05) is 0 Å². The zero-order valence-electron chi connectivity index (χ0n) is 14.8. The van der Waals surface area contributed by atoms with Crippen molar-refractivity contribution in [2.24, 2.45) is 0 Å². The predicted molar refractivity (Wildman–Crippen MR) is 90.7 cm³/mol. The van der Waals surface area contributed by atoms with Crippen LogP contribution in [0.5, 0.6) is 0 Å². The fourth-order valence-electron chi connectivity index (χ4n) is 4.02. The van der Waals surface area contributed by atoms with Gasteiger partial charge in [-0.05, 0) is 51.9 Å². The molecule has 3 heterocycles. The number of rotatable bonds is 4. The van der Waals surface area contributed by atoms with E-state index in [1.54, 1.807) is 7.11 Å². The highest BCUT2D eigenvalue weighted by molar-refractivity contribution is 5.86. The lowest BCUT2D eigenvalue weighted by Crippen LogP contribution is -2.60. The first kappa shape index (κ1) is 17.6. The smallest absolute Gasteiger partial charge is 0.255 e. The van der Waals surface area contributed by atoms with E-state index < -0.39 is 5.60 Å². The number of methoxy groups -OCH3 is 1. The summed E-state index contributed by atoms with van der Waals surface area (Å²) >= 11 is 0. The monoisotopic (exact) mass is 338 g/mol. The minimum atomic E-state index is -0.674. The standard InChI is InChI=1S/C17H30N4O3/c1-24-17(4-6-18-7-5-17)16(23)21-12-10-20(11-13-21)15(22)14-19-8-2-3-9-19/h18H,2-14H2,1H3. The molecule has 3 aliphatic heterocycles. The van der Waals surface area contributed by atoms with E-state index in [1.165, 1.54) is 12.8 Å². The molecular weight excluding hydrogens is 308 g/mol. The highest BCUT2D eigenvalue weighted by Gasteiger charge is 2.43. The summed E-state index contributed by atoms with van der Waals surface area (Å²) in [5, 5.41) is 3.28. The van der Waals surface area contributed by atoms with Crippen LogP contribution in [0.4, 0.5) is 0 Å². The molecule has 3 saturated heterocycles. The molecule has 3 rings (SSSR count). The molecule has 0 radical (unpaired) electrons. The molecule has 7 nitrogen and oxygen atoms in total. The summed E-state index contributed by atoms with van der Waals surface area (Å²) in [4.78, 5) is 31.3. The van der Waals surface area contributed by atoms with Crippen LogP contribution in [0.1, 0.15) is 25.7 Å². The van der Waals surface area contributed by atoms with E-state index in [4.69, 9.17) is 4.74 Å². The van der Waals surface area contributed by atoms with Crippen LogP contribution in [-0.2, 0) is 14.3 Å². The van der Waals surface area contributed by atoms with Crippen LogP contribution in [-0.4, -0.2) is 98.1 Å². The summed E-state index contributed by atoms with van der Waals surface area (Å²) in [5.74, 6) is 0.297. The van der Waals surface area contributed by atoms with Crippen LogP contribution >= 0.6 is 0 Å². The van der Waals surface area contributed by atoms with E-state index in [-0.39, 0.29) is 11.8 Å². The Balaban J connectivity index is 1.50. The highest BCUT2D eigenvalue weighted by Crippen LogP contribution is 2.25. The lowest BCUT2D eigenvalue weighted by molar-refractivity contribution is -0.161. The van der Waals surface area contributed by atoms with E-state index in [2.05, 4.69) is 10.2 Å². The van der Waals surface area contributed by atoms with Crippen LogP contribution < -0.4 is 5.32 Å². The van der Waals surface area contributed by atoms with E-state index >= 15 is 0 Å². The predicted octanol–water partition coefficient (Wildman–Crippen LogP) is -0.478. The second kappa shape index (κ2) is 7.80. The van der Waals surface area contributed by atoms with Gasteiger partial charge in [0.25, 0.3) is 5.91 Å². The van der Waals surface area contributed by atoms with Crippen LogP contribution in [0.25, 0.3) is 0 Å². The van der Waals surface area contributed by atoms with Gasteiger partial charge in [0.1, 0.15) is 5.60 Å². The minimum absolute atomic E-state index is 0.0955. The highest BCUT2D eigenvalue weighted by atomic mass is 16.5. The lowest BCUT2D eigenvalue weighted by Gasteiger charge is -2.42. The Hall–Kier alpha value is -1.18. The number of piperidine rings is 1. The molecule has 1 N–H and O–H groups in total. The van der Waals surface area contributed by atoms with Crippen molar-refractivity contribution in [3.05, 3.63) is 0 Å². The molecule has 0 spiro atoms. The summed E-state index contributed by atoms with van der Waals surface area (Å²) in [7, 11) is 1.64. The average molecular weight is 338 g/mol. The third-order valence-electron chi connectivity index (χ3n) is 5.67. The fourth-order valence-corrected chi connectivity index (χ4v) is 4.02. The second-order valence-corrected chi connectivity index (χ2v) is 7.10. The van der Waals surface area contributed by atoms with E-state index in [9.17, 15) is 9.59 Å². The van der Waals surface area contributed by atoms with Crippen molar-refractivity contribution >= 4 is 11.8 Å². The molecule has 0 unspecified atom stereocenters. The molecule has 0 atom stereocenters. The van der Waals surface area contributed by atoms with E-state index in [0.717, 1.165) is 39.0 Å². The molecule has 0 aromatic rings. The van der Waals surface area contributed by atoms with Crippen molar-refractivity contribution in [2.75, 3.05) is 66.0 Å². The van der Waals surface area contributed by atoms with Crippen molar-refractivity contribution in [2.45, 2.75) is 31.3 Å². The molecule has 3 fully saturated rings. The van der Waals surface area contributed by atoms with E-state index in [1.807, 2.05) is 9.80 Å². The molecule has 0 saturated carbocycles. The van der Waals surface area contributed by atoms with Crippen molar-refractivity contribution in [3.8, 4) is 0 Å². The third kappa shape index (κ3) is 3.73. The summed E-state index contributed by atoms with van der Waals surface area (Å²) in [6, 6.07) is 0. The molecule has 0 aromatic carbocycles. The van der Waals surface area contributed by atoms with Gasteiger partial charge in [0.2, 0.25) is 5.91 Å². The number of piperazine rings is 1. The van der Waals surface area contributed by atoms with Crippen LogP contribution in [0, 0.1) is 0 Å². The number of carbonyl (C=O) groups excluding carboxylic acids is 2. The molecule has 0 aliphatic carbocycles. The zero-order valence-corrected chi connectivity index (χ0v) is 14.8. The maximum atomic E-state index is 12.9. The Morgan fingerprint density at radius 3 is 2.12 bits per heavy atom. The molecule has 3 aliphatic rings. The number of likely N-dealkylation sites (tertiary alicyclic amines) is 1. The molecule has 0 bridgehead atoms. The Kier molecular flexibility index (Phi) is 5.73. The molecule has 2 amide bonds. The number of nitrogens with one attached hydrogen (secondary N) is 1. The van der Waals surface area contributed by atoms with Gasteiger partial charge in [0, 0.05) is 33.3 Å². The Morgan fingerprint density at radius 1 is 0.958 bits per heavy atom. The van der Waals surface area contributed by atoms with E-state index in [0.29, 0.717) is 32.7 Å². The van der Waals surface area contributed by atoms with Gasteiger partial charge in [-0.15, -0.1) is 0 Å². The number of hydrogen-bond donors (Lipinski definition) is 1. The topological polar surface area (TPSA) is 65.1 Å². The molecule has 7 heteroatoms. The fraction of sp³-hybridized carbons (Fsp3) is 0.882. The van der Waals surface area contributed by atoms with Gasteiger partial charge in [0.05, 0.1) is 6.54 Å². The Morgan fingerprint density at radius 2 is 1.54 bits per heavy atom. The maximum absolute atomic E-state index is 12.9. The second-order valence-electron chi connectivity index (χ2n) is 7.10. The number of hydrogen-bond acceptors (Lipinski definition) is 5. The number of carbonyl (C=O) groups is 2. The van der Waals surface area contributed by atoms with Gasteiger partial charge in [0.15, 0.2) is 0 Å². The molecule has 24 heavy (non-hydrogen) atoms. The van der Waals surface area contributed by atoms with Gasteiger partial charge in [-0.2, -0.15) is 0 Å². The Labute approximate surface area is 144 Å². The number of amides is 2. The van der Waals surface area contributed by atoms with Crippen molar-refractivity contribution < 1.29 is 14.3 Å². The summed E-state index contributed by atoms with van der Waals surface area (Å²) < 4.78 is 5.64. The SMILES string of the molecule is COC1(C(=O)N2CCN(C(=O)CN3CCCC3)CC2)CCNCC1. The van der Waals surface area contributed by atoms with Gasteiger partial charge >= 0.3 is 0 Å². The van der Waals surface area contributed by atoms with Crippen molar-refractivity contribution in [3.63, 3.8) is 0 Å². The van der Waals surface area contributed by atoms with Crippen molar-refractivity contribution in [1.29, 1.82) is 0 Å². The zero-order chi connectivity index (χ0) is 17.0. The number of nitrogens with zero attached hydrogens (tertiary/aromatic N) is 3. The van der Waals surface area contributed by atoms with Gasteiger partial charge < -0.3 is 19.9 Å². The Bertz CT molecular complexity index is 451. The number of ether oxygens (including phenoxy) is 1. The normalized spacial score (nSPS) is 25.0. The van der Waals surface area contributed by atoms with Crippen LogP contribution in [0.15, 0.2) is 0 Å². The quantitative estimate of drug-likeness (QED) is 0.750. The van der Waals surface area contributed by atoms with Gasteiger partial charge in [-0.25, -0.2) is 0 Å². The molecule has 136 valence electrons. The summed E-state index contributed by atoms with van der Waals surface area (Å²) in [6.45, 7) is 6.73. The average Bonchev–Trinajstić information content (AvgIpc) is 3.14. The summed E-state index contributed by atoms with van der Waals surface area (Å²) in [5.41, 5.74) is -0.674. The molecular formula is C17H30N4O3. The third-order valence-corrected chi connectivity index (χ3v) is 5.67.